The second-order valence-electron chi connectivity index (χ2n) is 2.83. The SMILES string of the molecule is OCCN(CC(F)F)CC1CO1. The topological polar surface area (TPSA) is 36.0 Å². The summed E-state index contributed by atoms with van der Waals surface area (Å²) in [7, 11) is 0. The molecule has 0 aliphatic carbocycles. The van der Waals surface area contributed by atoms with E-state index in [9.17, 15) is 8.78 Å². The van der Waals surface area contributed by atoms with E-state index in [4.69, 9.17) is 9.84 Å². The first-order valence-electron chi connectivity index (χ1n) is 3.95. The Morgan fingerprint density at radius 2 is 2.25 bits per heavy atom. The summed E-state index contributed by atoms with van der Waals surface area (Å²) in [5.41, 5.74) is 0. The number of hydrogen-bond donors (Lipinski definition) is 1. The molecule has 1 aliphatic rings. The molecule has 12 heavy (non-hydrogen) atoms. The van der Waals surface area contributed by atoms with Gasteiger partial charge in [0.15, 0.2) is 0 Å². The fraction of sp³-hybridized carbons (Fsp3) is 1.00. The number of ether oxygens (including phenoxy) is 1. The van der Waals surface area contributed by atoms with Crippen LogP contribution < -0.4 is 0 Å². The van der Waals surface area contributed by atoms with Crippen molar-refractivity contribution in [3.05, 3.63) is 0 Å². The molecule has 0 aromatic heterocycles. The molecular weight excluding hydrogens is 168 g/mol. The first kappa shape index (κ1) is 9.83. The van der Waals surface area contributed by atoms with Gasteiger partial charge in [-0.15, -0.1) is 0 Å². The van der Waals surface area contributed by atoms with Crippen LogP contribution in [-0.2, 0) is 4.74 Å². The zero-order chi connectivity index (χ0) is 8.97. The van der Waals surface area contributed by atoms with E-state index in [-0.39, 0.29) is 19.3 Å². The standard InChI is InChI=1S/C7H13F2NO2/c8-7(9)4-10(1-2-11)3-6-5-12-6/h6-7,11H,1-5H2. The number of halogens is 2. The van der Waals surface area contributed by atoms with Gasteiger partial charge in [-0.3, -0.25) is 4.90 Å². The lowest BCUT2D eigenvalue weighted by molar-refractivity contribution is 0.0747. The van der Waals surface area contributed by atoms with Crippen molar-refractivity contribution in [1.82, 2.24) is 4.90 Å². The molecule has 1 unspecified atom stereocenters. The monoisotopic (exact) mass is 181 g/mol. The predicted molar refractivity (Wildman–Crippen MR) is 39.3 cm³/mol. The van der Waals surface area contributed by atoms with Gasteiger partial charge in [0.1, 0.15) is 0 Å². The molecule has 0 aromatic rings. The minimum absolute atomic E-state index is 0.0839. The quantitative estimate of drug-likeness (QED) is 0.583. The number of hydrogen-bond acceptors (Lipinski definition) is 3. The van der Waals surface area contributed by atoms with Gasteiger partial charge in [-0.2, -0.15) is 0 Å². The molecule has 0 amide bonds. The average molecular weight is 181 g/mol. The normalized spacial score (nSPS) is 22.2. The smallest absolute Gasteiger partial charge is 0.251 e. The summed E-state index contributed by atoms with van der Waals surface area (Å²) in [4.78, 5) is 1.52. The molecule has 1 saturated heterocycles. The Hall–Kier alpha value is -0.260. The summed E-state index contributed by atoms with van der Waals surface area (Å²) in [6.45, 7) is 1.10. The highest BCUT2D eigenvalue weighted by Gasteiger charge is 2.26. The Labute approximate surface area is 69.9 Å². The Balaban J connectivity index is 2.16. The van der Waals surface area contributed by atoms with Crippen molar-refractivity contribution >= 4 is 0 Å². The Bertz CT molecular complexity index is 127. The van der Waals surface area contributed by atoms with E-state index >= 15 is 0 Å². The molecule has 1 fully saturated rings. The van der Waals surface area contributed by atoms with Crippen LogP contribution in [0.3, 0.4) is 0 Å². The fourth-order valence-corrected chi connectivity index (χ4v) is 1.06. The third-order valence-corrected chi connectivity index (χ3v) is 1.68. The Morgan fingerprint density at radius 1 is 1.58 bits per heavy atom. The molecule has 0 bridgehead atoms. The van der Waals surface area contributed by atoms with Gasteiger partial charge in [0.05, 0.1) is 25.9 Å². The number of aliphatic hydroxyl groups excluding tert-OH is 1. The maximum absolute atomic E-state index is 11.9. The van der Waals surface area contributed by atoms with Gasteiger partial charge >= 0.3 is 0 Å². The van der Waals surface area contributed by atoms with Crippen molar-refractivity contribution in [2.75, 3.05) is 32.8 Å². The molecule has 0 aromatic carbocycles. The molecule has 1 rings (SSSR count). The van der Waals surface area contributed by atoms with Crippen molar-refractivity contribution in [3.8, 4) is 0 Å². The molecular formula is C7H13F2NO2. The van der Waals surface area contributed by atoms with Gasteiger partial charge in [-0.25, -0.2) is 8.78 Å². The minimum atomic E-state index is -2.34. The molecule has 1 atom stereocenters. The van der Waals surface area contributed by atoms with Crippen molar-refractivity contribution in [1.29, 1.82) is 0 Å². The van der Waals surface area contributed by atoms with Crippen LogP contribution in [0, 0.1) is 0 Å². The summed E-state index contributed by atoms with van der Waals surface area (Å²) in [5.74, 6) is 0. The zero-order valence-electron chi connectivity index (χ0n) is 6.75. The maximum Gasteiger partial charge on any atom is 0.251 e. The molecule has 1 aliphatic heterocycles. The second kappa shape index (κ2) is 4.69. The van der Waals surface area contributed by atoms with Crippen LogP contribution in [0.15, 0.2) is 0 Å². The van der Waals surface area contributed by atoms with Crippen molar-refractivity contribution in [3.63, 3.8) is 0 Å². The van der Waals surface area contributed by atoms with Crippen LogP contribution in [0.4, 0.5) is 8.78 Å². The number of epoxide rings is 1. The van der Waals surface area contributed by atoms with Crippen LogP contribution >= 0.6 is 0 Å². The highest BCUT2D eigenvalue weighted by Crippen LogP contribution is 2.11. The lowest BCUT2D eigenvalue weighted by atomic mass is 10.4. The molecule has 0 saturated carbocycles. The van der Waals surface area contributed by atoms with E-state index in [0.29, 0.717) is 19.7 Å². The summed E-state index contributed by atoms with van der Waals surface area (Å²) in [5, 5.41) is 8.56. The summed E-state index contributed by atoms with van der Waals surface area (Å²) in [6, 6.07) is 0. The van der Waals surface area contributed by atoms with Gasteiger partial charge < -0.3 is 9.84 Å². The molecule has 0 spiro atoms. The summed E-state index contributed by atoms with van der Waals surface area (Å²) in [6.07, 6.45) is -2.23. The number of nitrogens with zero attached hydrogens (tertiary/aromatic N) is 1. The molecule has 0 radical (unpaired) electrons. The fourth-order valence-electron chi connectivity index (χ4n) is 1.06. The lowest BCUT2D eigenvalue weighted by Crippen LogP contribution is -2.34. The molecule has 72 valence electrons. The van der Waals surface area contributed by atoms with E-state index in [2.05, 4.69) is 0 Å². The van der Waals surface area contributed by atoms with Gasteiger partial charge in [-0.05, 0) is 0 Å². The Kier molecular flexibility index (Phi) is 3.84. The van der Waals surface area contributed by atoms with E-state index < -0.39 is 6.43 Å². The number of aliphatic hydroxyl groups is 1. The number of alkyl halides is 2. The highest BCUT2D eigenvalue weighted by molar-refractivity contribution is 4.74. The molecule has 1 heterocycles. The van der Waals surface area contributed by atoms with Crippen molar-refractivity contribution in [2.24, 2.45) is 0 Å². The van der Waals surface area contributed by atoms with Crippen LogP contribution in [0.5, 0.6) is 0 Å². The first-order chi connectivity index (χ1) is 5.72. The van der Waals surface area contributed by atoms with E-state index in [1.807, 2.05) is 0 Å². The first-order valence-corrected chi connectivity index (χ1v) is 3.95. The maximum atomic E-state index is 11.9. The lowest BCUT2D eigenvalue weighted by Gasteiger charge is -2.19. The van der Waals surface area contributed by atoms with Crippen molar-refractivity contribution in [2.45, 2.75) is 12.5 Å². The zero-order valence-corrected chi connectivity index (χ0v) is 6.75. The third kappa shape index (κ3) is 3.94. The van der Waals surface area contributed by atoms with Crippen LogP contribution in [0.1, 0.15) is 0 Å². The van der Waals surface area contributed by atoms with Crippen molar-refractivity contribution < 1.29 is 18.6 Å². The van der Waals surface area contributed by atoms with Crippen LogP contribution in [-0.4, -0.2) is 55.4 Å². The molecule has 3 nitrogen and oxygen atoms in total. The summed E-state index contributed by atoms with van der Waals surface area (Å²) >= 11 is 0. The summed E-state index contributed by atoms with van der Waals surface area (Å²) < 4.78 is 28.7. The molecule has 5 heteroatoms. The van der Waals surface area contributed by atoms with E-state index in [0.717, 1.165) is 0 Å². The van der Waals surface area contributed by atoms with Gasteiger partial charge in [-0.1, -0.05) is 0 Å². The van der Waals surface area contributed by atoms with Crippen LogP contribution in [0.2, 0.25) is 0 Å². The predicted octanol–water partition coefficient (Wildman–Crippen LogP) is -0.0554. The van der Waals surface area contributed by atoms with Crippen LogP contribution in [0.25, 0.3) is 0 Å². The van der Waals surface area contributed by atoms with E-state index in [1.165, 1.54) is 4.90 Å². The Morgan fingerprint density at radius 3 is 2.67 bits per heavy atom. The van der Waals surface area contributed by atoms with Gasteiger partial charge in [0, 0.05) is 13.1 Å². The third-order valence-electron chi connectivity index (χ3n) is 1.68. The van der Waals surface area contributed by atoms with Gasteiger partial charge in [0.25, 0.3) is 6.43 Å². The highest BCUT2D eigenvalue weighted by atomic mass is 19.3. The van der Waals surface area contributed by atoms with Gasteiger partial charge in [0.2, 0.25) is 0 Å². The number of rotatable bonds is 6. The minimum Gasteiger partial charge on any atom is -0.395 e. The second-order valence-corrected chi connectivity index (χ2v) is 2.83. The average Bonchev–Trinajstić information content (AvgIpc) is 2.70. The molecule has 1 N–H and O–H groups in total. The van der Waals surface area contributed by atoms with E-state index in [1.54, 1.807) is 0 Å². The largest absolute Gasteiger partial charge is 0.395 e.